The van der Waals surface area contributed by atoms with E-state index in [0.29, 0.717) is 13.0 Å². The largest absolute Gasteiger partial charge is 0.465 e. The van der Waals surface area contributed by atoms with Gasteiger partial charge in [-0.3, -0.25) is 4.90 Å². The minimum atomic E-state index is -3.71. The van der Waals surface area contributed by atoms with E-state index in [0.717, 1.165) is 36.0 Å². The Morgan fingerprint density at radius 3 is 2.72 bits per heavy atom. The van der Waals surface area contributed by atoms with Crippen LogP contribution in [0.2, 0.25) is 0 Å². The Kier molecular flexibility index (Phi) is 5.53. The highest BCUT2D eigenvalue weighted by Gasteiger charge is 2.35. The van der Waals surface area contributed by atoms with Gasteiger partial charge >= 0.3 is 5.97 Å². The van der Waals surface area contributed by atoms with Crippen LogP contribution in [0, 0.1) is 11.8 Å². The topological polar surface area (TPSA) is 75.7 Å². The molecule has 3 rings (SSSR count). The highest BCUT2D eigenvalue weighted by atomic mass is 32.2. The number of thiophene rings is 1. The van der Waals surface area contributed by atoms with Crippen molar-refractivity contribution in [2.24, 2.45) is 11.8 Å². The summed E-state index contributed by atoms with van der Waals surface area (Å²) in [4.78, 5) is 15.7. The predicted molar refractivity (Wildman–Crippen MR) is 97.4 cm³/mol. The highest BCUT2D eigenvalue weighted by molar-refractivity contribution is 7.91. The molecule has 0 saturated heterocycles. The highest BCUT2D eigenvalue weighted by Crippen LogP contribution is 2.38. The van der Waals surface area contributed by atoms with Crippen molar-refractivity contribution in [1.29, 1.82) is 0 Å². The number of hydrogen-bond donors (Lipinski definition) is 1. The van der Waals surface area contributed by atoms with E-state index in [1.807, 2.05) is 13.8 Å². The quantitative estimate of drug-likeness (QED) is 0.728. The Hall–Kier alpha value is -0.960. The molecule has 1 aromatic heterocycles. The number of esters is 1. The molecule has 0 aromatic carbocycles. The van der Waals surface area contributed by atoms with E-state index in [1.165, 1.54) is 31.3 Å². The van der Waals surface area contributed by atoms with Gasteiger partial charge in [-0.05, 0) is 36.7 Å². The average Bonchev–Trinajstić information content (AvgIpc) is 3.29. The zero-order valence-electron chi connectivity index (χ0n) is 15.0. The van der Waals surface area contributed by atoms with Crippen molar-refractivity contribution in [2.45, 2.75) is 43.9 Å². The number of carbonyl (C=O) groups excluding carboxylic acids is 1. The van der Waals surface area contributed by atoms with Gasteiger partial charge in [-0.2, -0.15) is 0 Å². The zero-order valence-corrected chi connectivity index (χ0v) is 16.6. The van der Waals surface area contributed by atoms with Gasteiger partial charge in [0.1, 0.15) is 4.21 Å². The minimum Gasteiger partial charge on any atom is -0.465 e. The van der Waals surface area contributed by atoms with Crippen molar-refractivity contribution in [3.8, 4) is 0 Å². The first-order chi connectivity index (χ1) is 11.8. The number of hydrogen-bond acceptors (Lipinski definition) is 6. The van der Waals surface area contributed by atoms with Gasteiger partial charge in [0.2, 0.25) is 0 Å². The lowest BCUT2D eigenvalue weighted by Gasteiger charge is -2.26. The third kappa shape index (κ3) is 4.24. The van der Waals surface area contributed by atoms with Crippen LogP contribution >= 0.6 is 11.3 Å². The SMILES string of the molecule is COC(=O)c1c(S(=O)(=O)NCC(C)C)sc2c1CCN(CC1CC1)C2. The lowest BCUT2D eigenvalue weighted by molar-refractivity contribution is 0.0595. The Balaban J connectivity index is 1.92. The monoisotopic (exact) mass is 386 g/mol. The first kappa shape index (κ1) is 18.8. The van der Waals surface area contributed by atoms with Crippen LogP contribution in [0.15, 0.2) is 4.21 Å². The minimum absolute atomic E-state index is 0.110. The molecule has 2 heterocycles. The number of nitrogens with zero attached hydrogens (tertiary/aromatic N) is 1. The van der Waals surface area contributed by atoms with Crippen molar-refractivity contribution in [1.82, 2.24) is 9.62 Å². The second kappa shape index (κ2) is 7.34. The first-order valence-corrected chi connectivity index (χ1v) is 11.1. The van der Waals surface area contributed by atoms with Gasteiger partial charge in [0.05, 0.1) is 12.7 Å². The van der Waals surface area contributed by atoms with Gasteiger partial charge < -0.3 is 4.74 Å². The fourth-order valence-corrected chi connectivity index (χ4v) is 6.28. The van der Waals surface area contributed by atoms with Gasteiger partial charge in [-0.15, -0.1) is 11.3 Å². The summed E-state index contributed by atoms with van der Waals surface area (Å²) in [5, 5.41) is 0. The number of fused-ring (bicyclic) bond motifs is 1. The molecule has 0 spiro atoms. The second-order valence-corrected chi connectivity index (χ2v) is 10.4. The van der Waals surface area contributed by atoms with Crippen LogP contribution in [-0.4, -0.2) is 46.0 Å². The van der Waals surface area contributed by atoms with Crippen LogP contribution in [0.25, 0.3) is 0 Å². The van der Waals surface area contributed by atoms with Crippen molar-refractivity contribution < 1.29 is 17.9 Å². The molecule has 1 N–H and O–H groups in total. The summed E-state index contributed by atoms with van der Waals surface area (Å²) in [5.74, 6) is 0.426. The summed E-state index contributed by atoms with van der Waals surface area (Å²) in [6.07, 6.45) is 3.28. The number of methoxy groups -OCH3 is 1. The van der Waals surface area contributed by atoms with E-state index in [2.05, 4.69) is 9.62 Å². The molecule has 2 aliphatic rings. The number of sulfonamides is 1. The maximum atomic E-state index is 12.7. The summed E-state index contributed by atoms with van der Waals surface area (Å²) in [5.41, 5.74) is 1.10. The zero-order chi connectivity index (χ0) is 18.2. The van der Waals surface area contributed by atoms with Gasteiger partial charge in [0.15, 0.2) is 0 Å². The van der Waals surface area contributed by atoms with E-state index in [1.54, 1.807) is 0 Å². The molecular weight excluding hydrogens is 360 g/mol. The van der Waals surface area contributed by atoms with Crippen molar-refractivity contribution in [2.75, 3.05) is 26.7 Å². The molecule has 0 radical (unpaired) electrons. The van der Waals surface area contributed by atoms with Crippen LogP contribution in [-0.2, 0) is 27.7 Å². The third-order valence-electron chi connectivity index (χ3n) is 4.63. The fraction of sp³-hybridized carbons (Fsp3) is 0.706. The van der Waals surface area contributed by atoms with Crippen molar-refractivity contribution in [3.05, 3.63) is 16.0 Å². The molecule has 1 aliphatic heterocycles. The molecular formula is C17H26N2O4S2. The summed E-state index contributed by atoms with van der Waals surface area (Å²) in [6.45, 7) is 6.89. The van der Waals surface area contributed by atoms with Crippen LogP contribution in [0.3, 0.4) is 0 Å². The predicted octanol–water partition coefficient (Wildman–Crippen LogP) is 2.24. The molecule has 0 amide bonds. The van der Waals surface area contributed by atoms with Crippen LogP contribution < -0.4 is 4.72 Å². The molecule has 1 aliphatic carbocycles. The van der Waals surface area contributed by atoms with E-state index in [9.17, 15) is 13.2 Å². The van der Waals surface area contributed by atoms with Gasteiger partial charge in [-0.25, -0.2) is 17.9 Å². The van der Waals surface area contributed by atoms with E-state index >= 15 is 0 Å². The van der Waals surface area contributed by atoms with Gasteiger partial charge in [0.25, 0.3) is 10.0 Å². The smallest absolute Gasteiger partial charge is 0.340 e. The maximum Gasteiger partial charge on any atom is 0.340 e. The van der Waals surface area contributed by atoms with E-state index in [-0.39, 0.29) is 15.7 Å². The normalized spacial score (nSPS) is 18.4. The van der Waals surface area contributed by atoms with E-state index in [4.69, 9.17) is 4.74 Å². The van der Waals surface area contributed by atoms with Crippen LogP contribution in [0.1, 0.15) is 47.5 Å². The number of nitrogens with one attached hydrogen (secondary N) is 1. The number of rotatable bonds is 7. The molecule has 1 aromatic rings. The lowest BCUT2D eigenvalue weighted by Crippen LogP contribution is -2.32. The average molecular weight is 387 g/mol. The lowest BCUT2D eigenvalue weighted by atomic mass is 10.0. The van der Waals surface area contributed by atoms with Crippen LogP contribution in [0.4, 0.5) is 0 Å². The maximum absolute atomic E-state index is 12.7. The summed E-state index contributed by atoms with van der Waals surface area (Å²) >= 11 is 1.22. The summed E-state index contributed by atoms with van der Waals surface area (Å²) < 4.78 is 33.1. The number of ether oxygens (including phenoxy) is 1. The number of carbonyl (C=O) groups is 1. The third-order valence-corrected chi connectivity index (χ3v) is 7.79. The Morgan fingerprint density at radius 2 is 2.12 bits per heavy atom. The van der Waals surface area contributed by atoms with Gasteiger partial charge in [-0.1, -0.05) is 13.8 Å². The van der Waals surface area contributed by atoms with Gasteiger partial charge in [0, 0.05) is 31.1 Å². The molecule has 0 atom stereocenters. The van der Waals surface area contributed by atoms with Crippen LogP contribution in [0.5, 0.6) is 0 Å². The fourth-order valence-electron chi connectivity index (χ4n) is 3.09. The molecule has 8 heteroatoms. The molecule has 1 saturated carbocycles. The first-order valence-electron chi connectivity index (χ1n) is 8.76. The summed E-state index contributed by atoms with van der Waals surface area (Å²) in [7, 11) is -2.42. The summed E-state index contributed by atoms with van der Waals surface area (Å²) in [6, 6.07) is 0. The van der Waals surface area contributed by atoms with Crippen molar-refractivity contribution >= 4 is 27.3 Å². The molecule has 6 nitrogen and oxygen atoms in total. The second-order valence-electron chi connectivity index (χ2n) is 7.33. The Morgan fingerprint density at radius 1 is 1.40 bits per heavy atom. The Labute approximate surface area is 153 Å². The Bertz CT molecular complexity index is 751. The molecule has 1 fully saturated rings. The standard InChI is InChI=1S/C17H26N2O4S2/c1-11(2)8-18-25(21,22)17-15(16(20)23-3)13-6-7-19(9-12-4-5-12)10-14(13)24-17/h11-12,18H,4-10H2,1-3H3. The molecule has 0 unspecified atom stereocenters. The molecule has 0 bridgehead atoms. The van der Waals surface area contributed by atoms with Crippen molar-refractivity contribution in [3.63, 3.8) is 0 Å². The molecule has 25 heavy (non-hydrogen) atoms. The molecule has 140 valence electrons. The van der Waals surface area contributed by atoms with E-state index < -0.39 is 16.0 Å².